The maximum Gasteiger partial charge on any atom is 0.242 e. The van der Waals surface area contributed by atoms with Crippen LogP contribution in [-0.4, -0.2) is 18.5 Å². The van der Waals surface area contributed by atoms with E-state index in [4.69, 9.17) is 0 Å². The van der Waals surface area contributed by atoms with E-state index in [1.54, 1.807) is 0 Å². The molecule has 20 heavy (non-hydrogen) atoms. The SMILES string of the molecule is CCc1cc(Br)ccc1NC(C)C(=O)NCCC(C)C. The van der Waals surface area contributed by atoms with Crippen molar-refractivity contribution >= 4 is 27.5 Å². The van der Waals surface area contributed by atoms with Gasteiger partial charge in [0.2, 0.25) is 5.91 Å². The van der Waals surface area contributed by atoms with Crippen LogP contribution in [0.15, 0.2) is 22.7 Å². The molecule has 0 heterocycles. The molecule has 0 spiro atoms. The highest BCUT2D eigenvalue weighted by Crippen LogP contribution is 2.22. The number of aryl methyl sites for hydroxylation is 1. The molecule has 1 amide bonds. The molecule has 0 saturated carbocycles. The largest absolute Gasteiger partial charge is 0.374 e. The van der Waals surface area contributed by atoms with Crippen LogP contribution in [0.25, 0.3) is 0 Å². The smallest absolute Gasteiger partial charge is 0.242 e. The lowest BCUT2D eigenvalue weighted by Crippen LogP contribution is -2.38. The maximum atomic E-state index is 12.0. The van der Waals surface area contributed by atoms with E-state index in [2.05, 4.69) is 53.4 Å². The molecule has 4 heteroatoms. The first kappa shape index (κ1) is 17.0. The second-order valence-electron chi connectivity index (χ2n) is 5.49. The molecule has 1 rings (SSSR count). The van der Waals surface area contributed by atoms with Gasteiger partial charge in [0.1, 0.15) is 6.04 Å². The van der Waals surface area contributed by atoms with E-state index in [-0.39, 0.29) is 11.9 Å². The summed E-state index contributed by atoms with van der Waals surface area (Å²) in [5.74, 6) is 0.660. The van der Waals surface area contributed by atoms with Crippen molar-refractivity contribution in [1.82, 2.24) is 5.32 Å². The van der Waals surface area contributed by atoms with E-state index in [1.165, 1.54) is 5.56 Å². The van der Waals surface area contributed by atoms with E-state index in [0.29, 0.717) is 5.92 Å². The monoisotopic (exact) mass is 340 g/mol. The number of anilines is 1. The van der Waals surface area contributed by atoms with Crippen LogP contribution in [0, 0.1) is 5.92 Å². The highest BCUT2D eigenvalue weighted by molar-refractivity contribution is 9.10. The average Bonchev–Trinajstić information content (AvgIpc) is 2.40. The summed E-state index contributed by atoms with van der Waals surface area (Å²) in [7, 11) is 0. The average molecular weight is 341 g/mol. The van der Waals surface area contributed by atoms with Gasteiger partial charge in [-0.15, -0.1) is 0 Å². The van der Waals surface area contributed by atoms with E-state index in [9.17, 15) is 4.79 Å². The molecule has 2 N–H and O–H groups in total. The first-order valence-electron chi connectivity index (χ1n) is 7.26. The van der Waals surface area contributed by atoms with E-state index >= 15 is 0 Å². The van der Waals surface area contributed by atoms with Crippen molar-refractivity contribution in [2.24, 2.45) is 5.92 Å². The lowest BCUT2D eigenvalue weighted by Gasteiger charge is -2.18. The van der Waals surface area contributed by atoms with Crippen molar-refractivity contribution in [2.75, 3.05) is 11.9 Å². The molecule has 0 radical (unpaired) electrons. The zero-order chi connectivity index (χ0) is 15.1. The minimum atomic E-state index is -0.228. The Bertz CT molecular complexity index is 446. The number of hydrogen-bond donors (Lipinski definition) is 2. The Labute approximate surface area is 130 Å². The molecular formula is C16H25BrN2O. The van der Waals surface area contributed by atoms with Crippen molar-refractivity contribution in [3.05, 3.63) is 28.2 Å². The molecule has 112 valence electrons. The molecule has 0 fully saturated rings. The number of hydrogen-bond acceptors (Lipinski definition) is 2. The Kier molecular flexibility index (Phi) is 7.06. The Balaban J connectivity index is 2.57. The minimum Gasteiger partial charge on any atom is -0.374 e. The quantitative estimate of drug-likeness (QED) is 0.788. The lowest BCUT2D eigenvalue weighted by atomic mass is 10.1. The van der Waals surface area contributed by atoms with Crippen LogP contribution in [0.5, 0.6) is 0 Å². The highest BCUT2D eigenvalue weighted by Gasteiger charge is 2.13. The lowest BCUT2D eigenvalue weighted by molar-refractivity contribution is -0.121. The molecule has 0 aliphatic carbocycles. The maximum absolute atomic E-state index is 12.0. The van der Waals surface area contributed by atoms with Crippen LogP contribution in [0.1, 0.15) is 39.7 Å². The number of rotatable bonds is 7. The topological polar surface area (TPSA) is 41.1 Å². The first-order valence-corrected chi connectivity index (χ1v) is 8.06. The molecular weight excluding hydrogens is 316 g/mol. The van der Waals surface area contributed by atoms with Crippen molar-refractivity contribution in [1.29, 1.82) is 0 Å². The summed E-state index contributed by atoms with van der Waals surface area (Å²) in [4.78, 5) is 12.0. The Morgan fingerprint density at radius 2 is 2.00 bits per heavy atom. The molecule has 1 unspecified atom stereocenters. The standard InChI is InChI=1S/C16H25BrN2O/c1-5-13-10-14(17)6-7-15(13)19-12(4)16(20)18-9-8-11(2)3/h6-7,10-12,19H,5,8-9H2,1-4H3,(H,18,20). The summed E-state index contributed by atoms with van der Waals surface area (Å²) in [5.41, 5.74) is 2.24. The van der Waals surface area contributed by atoms with Crippen LogP contribution in [0.2, 0.25) is 0 Å². The van der Waals surface area contributed by atoms with Gasteiger partial charge >= 0.3 is 0 Å². The van der Waals surface area contributed by atoms with Gasteiger partial charge in [-0.2, -0.15) is 0 Å². The Morgan fingerprint density at radius 3 is 2.60 bits per heavy atom. The number of halogens is 1. The fourth-order valence-corrected chi connectivity index (χ4v) is 2.34. The van der Waals surface area contributed by atoms with E-state index < -0.39 is 0 Å². The molecule has 1 aromatic rings. The fraction of sp³-hybridized carbons (Fsp3) is 0.562. The van der Waals surface area contributed by atoms with Gasteiger partial charge < -0.3 is 10.6 Å². The zero-order valence-corrected chi connectivity index (χ0v) is 14.4. The van der Waals surface area contributed by atoms with Gasteiger partial charge in [-0.05, 0) is 49.4 Å². The third kappa shape index (κ3) is 5.53. The summed E-state index contributed by atoms with van der Waals surface area (Å²) in [6.45, 7) is 9.06. The number of carbonyl (C=O) groups excluding carboxylic acids is 1. The Hall–Kier alpha value is -1.03. The summed E-state index contributed by atoms with van der Waals surface area (Å²) < 4.78 is 1.06. The third-order valence-corrected chi connectivity index (χ3v) is 3.73. The van der Waals surface area contributed by atoms with Gasteiger partial charge in [0, 0.05) is 16.7 Å². The third-order valence-electron chi connectivity index (χ3n) is 3.23. The predicted molar refractivity (Wildman–Crippen MR) is 89.1 cm³/mol. The molecule has 0 bridgehead atoms. The summed E-state index contributed by atoms with van der Waals surface area (Å²) in [6.07, 6.45) is 1.94. The molecule has 0 aromatic heterocycles. The van der Waals surface area contributed by atoms with E-state index in [1.807, 2.05) is 19.1 Å². The molecule has 1 aromatic carbocycles. The molecule has 0 aliphatic heterocycles. The van der Waals surface area contributed by atoms with Crippen LogP contribution >= 0.6 is 15.9 Å². The number of benzene rings is 1. The van der Waals surface area contributed by atoms with Crippen LogP contribution in [-0.2, 0) is 11.2 Å². The number of nitrogens with one attached hydrogen (secondary N) is 2. The molecule has 0 aliphatic rings. The van der Waals surface area contributed by atoms with Gasteiger partial charge in [-0.25, -0.2) is 0 Å². The number of carbonyl (C=O) groups is 1. The van der Waals surface area contributed by atoms with Gasteiger partial charge in [0.15, 0.2) is 0 Å². The summed E-state index contributed by atoms with van der Waals surface area (Å²) >= 11 is 3.47. The number of amides is 1. The second-order valence-corrected chi connectivity index (χ2v) is 6.41. The molecule has 1 atom stereocenters. The fourth-order valence-electron chi connectivity index (χ4n) is 1.93. The Morgan fingerprint density at radius 1 is 1.30 bits per heavy atom. The van der Waals surface area contributed by atoms with Crippen LogP contribution < -0.4 is 10.6 Å². The van der Waals surface area contributed by atoms with Crippen LogP contribution in [0.4, 0.5) is 5.69 Å². The molecule has 0 saturated heterocycles. The van der Waals surface area contributed by atoms with Crippen molar-refractivity contribution in [3.8, 4) is 0 Å². The summed E-state index contributed by atoms with van der Waals surface area (Å²) in [5, 5.41) is 6.27. The van der Waals surface area contributed by atoms with Crippen molar-refractivity contribution in [3.63, 3.8) is 0 Å². The van der Waals surface area contributed by atoms with Gasteiger partial charge in [-0.1, -0.05) is 36.7 Å². The van der Waals surface area contributed by atoms with Gasteiger partial charge in [-0.3, -0.25) is 4.79 Å². The summed E-state index contributed by atoms with van der Waals surface area (Å²) in [6, 6.07) is 5.87. The van der Waals surface area contributed by atoms with Gasteiger partial charge in [0.25, 0.3) is 0 Å². The predicted octanol–water partition coefficient (Wildman–Crippen LogP) is 3.97. The van der Waals surface area contributed by atoms with E-state index in [0.717, 1.165) is 29.5 Å². The van der Waals surface area contributed by atoms with Crippen molar-refractivity contribution in [2.45, 2.75) is 46.6 Å². The zero-order valence-electron chi connectivity index (χ0n) is 12.8. The first-order chi connectivity index (χ1) is 9.43. The highest BCUT2D eigenvalue weighted by atomic mass is 79.9. The van der Waals surface area contributed by atoms with Gasteiger partial charge in [0.05, 0.1) is 0 Å². The van der Waals surface area contributed by atoms with Crippen molar-refractivity contribution < 1.29 is 4.79 Å². The normalized spacial score (nSPS) is 12.3. The second kappa shape index (κ2) is 8.30. The van der Waals surface area contributed by atoms with Crippen LogP contribution in [0.3, 0.4) is 0 Å². The minimum absolute atomic E-state index is 0.0515. The molecule has 3 nitrogen and oxygen atoms in total.